The first-order valence-electron chi connectivity index (χ1n) is 6.81. The minimum absolute atomic E-state index is 0.296. The number of hydrogen-bond donors (Lipinski definition) is 1. The van der Waals surface area contributed by atoms with Gasteiger partial charge in [0.2, 0.25) is 0 Å². The number of hydrogen-bond acceptors (Lipinski definition) is 1. The Morgan fingerprint density at radius 3 is 2.18 bits per heavy atom. The summed E-state index contributed by atoms with van der Waals surface area (Å²) in [5, 5.41) is 3.70. The number of nitrogens with one attached hydrogen (secondary N) is 1. The van der Waals surface area contributed by atoms with Crippen LogP contribution in [-0.4, -0.2) is 6.54 Å². The Bertz CT molecular complexity index is 324. The predicted octanol–water partition coefficient (Wildman–Crippen LogP) is 4.47. The Balaban J connectivity index is 2.93. The fourth-order valence-electron chi connectivity index (χ4n) is 2.10. The maximum atomic E-state index is 3.70. The molecular formula is C16H27N. The van der Waals surface area contributed by atoms with E-state index in [0.717, 1.165) is 6.54 Å². The Kier molecular flexibility index (Phi) is 5.20. The van der Waals surface area contributed by atoms with E-state index in [1.165, 1.54) is 24.0 Å². The first-order valence-corrected chi connectivity index (χ1v) is 6.81. The summed E-state index contributed by atoms with van der Waals surface area (Å²) in [6.07, 6.45) is 2.37. The van der Waals surface area contributed by atoms with Crippen LogP contribution in [0.2, 0.25) is 0 Å². The fourth-order valence-corrected chi connectivity index (χ4v) is 2.10. The fraction of sp³-hybridized carbons (Fsp3) is 0.625. The summed E-state index contributed by atoms with van der Waals surface area (Å²) in [7, 11) is 0. The highest BCUT2D eigenvalue weighted by Gasteiger charge is 2.28. The van der Waals surface area contributed by atoms with E-state index in [2.05, 4.69) is 64.2 Å². The van der Waals surface area contributed by atoms with Gasteiger partial charge in [-0.2, -0.15) is 0 Å². The van der Waals surface area contributed by atoms with Gasteiger partial charge in [0.15, 0.2) is 0 Å². The van der Waals surface area contributed by atoms with E-state index in [-0.39, 0.29) is 0 Å². The number of aryl methyl sites for hydroxylation is 1. The molecule has 0 amide bonds. The van der Waals surface area contributed by atoms with Crippen LogP contribution in [0, 0.1) is 12.3 Å². The lowest BCUT2D eigenvalue weighted by Crippen LogP contribution is -2.34. The number of rotatable bonds is 6. The molecule has 0 fully saturated rings. The number of benzene rings is 1. The van der Waals surface area contributed by atoms with Gasteiger partial charge in [0, 0.05) is 6.04 Å². The molecule has 1 heteroatoms. The molecule has 0 saturated carbocycles. The third-order valence-corrected chi connectivity index (χ3v) is 3.70. The molecule has 1 aromatic rings. The maximum Gasteiger partial charge on any atom is 0.0371 e. The zero-order valence-corrected chi connectivity index (χ0v) is 12.0. The zero-order valence-electron chi connectivity index (χ0n) is 12.0. The summed E-state index contributed by atoms with van der Waals surface area (Å²) in [6, 6.07) is 9.40. The van der Waals surface area contributed by atoms with E-state index < -0.39 is 0 Å². The van der Waals surface area contributed by atoms with Gasteiger partial charge in [-0.05, 0) is 37.3 Å². The summed E-state index contributed by atoms with van der Waals surface area (Å²) in [5.74, 6) is 0. The minimum Gasteiger partial charge on any atom is -0.309 e. The van der Waals surface area contributed by atoms with Crippen LogP contribution >= 0.6 is 0 Å². The minimum atomic E-state index is 0.296. The second kappa shape index (κ2) is 6.20. The Morgan fingerprint density at radius 2 is 1.71 bits per heavy atom. The van der Waals surface area contributed by atoms with E-state index in [4.69, 9.17) is 0 Å². The highest BCUT2D eigenvalue weighted by molar-refractivity contribution is 5.25. The molecule has 0 aromatic heterocycles. The van der Waals surface area contributed by atoms with Crippen LogP contribution in [0.5, 0.6) is 0 Å². The van der Waals surface area contributed by atoms with Crippen molar-refractivity contribution in [2.45, 2.75) is 53.5 Å². The van der Waals surface area contributed by atoms with Crippen molar-refractivity contribution in [2.24, 2.45) is 5.41 Å². The van der Waals surface area contributed by atoms with Gasteiger partial charge in [-0.3, -0.25) is 0 Å². The molecule has 0 aliphatic rings. The molecule has 0 aliphatic carbocycles. The van der Waals surface area contributed by atoms with Crippen molar-refractivity contribution in [1.29, 1.82) is 0 Å². The van der Waals surface area contributed by atoms with E-state index in [1.54, 1.807) is 0 Å². The van der Waals surface area contributed by atoms with Crippen LogP contribution in [0.4, 0.5) is 0 Å². The van der Waals surface area contributed by atoms with Gasteiger partial charge >= 0.3 is 0 Å². The SMILES string of the molecule is CCCNC(c1ccc(C)cc1)C(C)(C)CC. The average molecular weight is 233 g/mol. The molecule has 0 radical (unpaired) electrons. The van der Waals surface area contributed by atoms with E-state index in [9.17, 15) is 0 Å². The first-order chi connectivity index (χ1) is 8.01. The van der Waals surface area contributed by atoms with Gasteiger partial charge < -0.3 is 5.32 Å². The lowest BCUT2D eigenvalue weighted by atomic mass is 9.78. The van der Waals surface area contributed by atoms with Crippen LogP contribution in [0.3, 0.4) is 0 Å². The molecule has 1 aromatic carbocycles. The van der Waals surface area contributed by atoms with Gasteiger partial charge in [0.05, 0.1) is 0 Å². The van der Waals surface area contributed by atoms with Gasteiger partial charge in [0.1, 0.15) is 0 Å². The van der Waals surface area contributed by atoms with Crippen molar-refractivity contribution in [2.75, 3.05) is 6.54 Å². The summed E-state index contributed by atoms with van der Waals surface area (Å²) in [5.41, 5.74) is 3.04. The van der Waals surface area contributed by atoms with Crippen LogP contribution in [0.15, 0.2) is 24.3 Å². The molecular weight excluding hydrogens is 206 g/mol. The van der Waals surface area contributed by atoms with Gasteiger partial charge in [-0.1, -0.05) is 57.5 Å². The van der Waals surface area contributed by atoms with Crippen LogP contribution in [0.25, 0.3) is 0 Å². The first kappa shape index (κ1) is 14.2. The van der Waals surface area contributed by atoms with Crippen molar-refractivity contribution in [1.82, 2.24) is 5.32 Å². The molecule has 0 aliphatic heterocycles. The Labute approximate surface area is 107 Å². The highest BCUT2D eigenvalue weighted by atomic mass is 14.9. The second-order valence-electron chi connectivity index (χ2n) is 5.64. The third-order valence-electron chi connectivity index (χ3n) is 3.70. The standard InChI is InChI=1S/C16H27N/c1-6-12-17-15(16(4,5)7-2)14-10-8-13(3)9-11-14/h8-11,15,17H,6-7,12H2,1-5H3. The molecule has 0 bridgehead atoms. The quantitative estimate of drug-likeness (QED) is 0.764. The molecule has 0 heterocycles. The molecule has 1 nitrogen and oxygen atoms in total. The molecule has 1 unspecified atom stereocenters. The smallest absolute Gasteiger partial charge is 0.0371 e. The van der Waals surface area contributed by atoms with Gasteiger partial charge in [0.25, 0.3) is 0 Å². The summed E-state index contributed by atoms with van der Waals surface area (Å²) < 4.78 is 0. The zero-order chi connectivity index (χ0) is 12.9. The Hall–Kier alpha value is -0.820. The van der Waals surface area contributed by atoms with Crippen molar-refractivity contribution < 1.29 is 0 Å². The summed E-state index contributed by atoms with van der Waals surface area (Å²) >= 11 is 0. The lowest BCUT2D eigenvalue weighted by molar-refractivity contribution is 0.234. The molecule has 0 saturated heterocycles. The summed E-state index contributed by atoms with van der Waals surface area (Å²) in [4.78, 5) is 0. The largest absolute Gasteiger partial charge is 0.309 e. The predicted molar refractivity (Wildman–Crippen MR) is 76.3 cm³/mol. The van der Waals surface area contributed by atoms with E-state index >= 15 is 0 Å². The van der Waals surface area contributed by atoms with Gasteiger partial charge in [-0.15, -0.1) is 0 Å². The molecule has 96 valence electrons. The van der Waals surface area contributed by atoms with Crippen LogP contribution in [0.1, 0.15) is 57.7 Å². The highest BCUT2D eigenvalue weighted by Crippen LogP contribution is 2.36. The molecule has 0 spiro atoms. The van der Waals surface area contributed by atoms with Gasteiger partial charge in [-0.25, -0.2) is 0 Å². The summed E-state index contributed by atoms with van der Waals surface area (Å²) in [6.45, 7) is 12.4. The van der Waals surface area contributed by atoms with Crippen molar-refractivity contribution in [3.05, 3.63) is 35.4 Å². The van der Waals surface area contributed by atoms with E-state index in [1.807, 2.05) is 0 Å². The average Bonchev–Trinajstić information content (AvgIpc) is 2.31. The normalized spacial score (nSPS) is 13.7. The van der Waals surface area contributed by atoms with Crippen molar-refractivity contribution >= 4 is 0 Å². The van der Waals surface area contributed by atoms with Crippen molar-refractivity contribution in [3.63, 3.8) is 0 Å². The second-order valence-corrected chi connectivity index (χ2v) is 5.64. The molecule has 1 rings (SSSR count). The topological polar surface area (TPSA) is 12.0 Å². The lowest BCUT2D eigenvalue weighted by Gasteiger charge is -2.35. The molecule has 17 heavy (non-hydrogen) atoms. The van der Waals surface area contributed by atoms with Crippen LogP contribution in [-0.2, 0) is 0 Å². The monoisotopic (exact) mass is 233 g/mol. The molecule has 1 atom stereocenters. The van der Waals surface area contributed by atoms with Crippen molar-refractivity contribution in [3.8, 4) is 0 Å². The molecule has 1 N–H and O–H groups in total. The van der Waals surface area contributed by atoms with Crippen LogP contribution < -0.4 is 5.32 Å². The third kappa shape index (κ3) is 3.85. The maximum absolute atomic E-state index is 3.70. The van der Waals surface area contributed by atoms with E-state index in [0.29, 0.717) is 11.5 Å². The Morgan fingerprint density at radius 1 is 1.12 bits per heavy atom.